The van der Waals surface area contributed by atoms with Crippen LogP contribution in [0.5, 0.6) is 0 Å². The number of nitrogens with one attached hydrogen (secondary N) is 2. The van der Waals surface area contributed by atoms with Crippen molar-refractivity contribution >= 4 is 5.78 Å². The van der Waals surface area contributed by atoms with Gasteiger partial charge in [-0.3, -0.25) is 9.89 Å². The van der Waals surface area contributed by atoms with E-state index in [9.17, 15) is 4.79 Å². The van der Waals surface area contributed by atoms with Gasteiger partial charge in [-0.2, -0.15) is 5.10 Å². The molecule has 0 amide bonds. The second kappa shape index (κ2) is 3.06. The van der Waals surface area contributed by atoms with Gasteiger partial charge in [-0.25, -0.2) is 0 Å². The Morgan fingerprint density at radius 2 is 2.58 bits per heavy atom. The van der Waals surface area contributed by atoms with Gasteiger partial charge >= 0.3 is 0 Å². The molecule has 0 spiro atoms. The maximum Gasteiger partial charge on any atom is 0.170 e. The molecule has 64 valence electrons. The van der Waals surface area contributed by atoms with E-state index in [-0.39, 0.29) is 11.7 Å². The Bertz CT molecular complexity index is 262. The van der Waals surface area contributed by atoms with Crippen LogP contribution in [0.3, 0.4) is 0 Å². The van der Waals surface area contributed by atoms with E-state index >= 15 is 0 Å². The molecule has 1 aromatic rings. The molecule has 1 saturated heterocycles. The zero-order valence-electron chi connectivity index (χ0n) is 6.71. The van der Waals surface area contributed by atoms with Gasteiger partial charge in [-0.05, 0) is 13.0 Å². The molecule has 0 aliphatic carbocycles. The maximum absolute atomic E-state index is 11.6. The number of carbonyl (C=O) groups is 1. The number of ketones is 1. The molecule has 4 nitrogen and oxygen atoms in total. The van der Waals surface area contributed by atoms with Crippen molar-refractivity contribution in [2.45, 2.75) is 6.42 Å². The fourth-order valence-electron chi connectivity index (χ4n) is 1.50. The Hall–Kier alpha value is -1.16. The maximum atomic E-state index is 11.6. The molecule has 1 aliphatic rings. The van der Waals surface area contributed by atoms with Gasteiger partial charge in [-0.1, -0.05) is 0 Å². The third kappa shape index (κ3) is 1.25. The van der Waals surface area contributed by atoms with Crippen LogP contribution in [-0.2, 0) is 0 Å². The van der Waals surface area contributed by atoms with Crippen LogP contribution < -0.4 is 5.32 Å². The van der Waals surface area contributed by atoms with Gasteiger partial charge in [0.1, 0.15) is 0 Å². The molecule has 4 heteroatoms. The molecule has 1 aliphatic heterocycles. The summed E-state index contributed by atoms with van der Waals surface area (Å²) in [6.45, 7) is 1.76. The molecular weight excluding hydrogens is 154 g/mol. The fraction of sp³-hybridized carbons (Fsp3) is 0.500. The molecule has 1 atom stereocenters. The number of carbonyl (C=O) groups excluding carboxylic acids is 1. The van der Waals surface area contributed by atoms with Gasteiger partial charge < -0.3 is 5.32 Å². The van der Waals surface area contributed by atoms with E-state index in [1.165, 1.54) is 0 Å². The lowest BCUT2D eigenvalue weighted by atomic mass is 9.99. The summed E-state index contributed by atoms with van der Waals surface area (Å²) >= 11 is 0. The molecule has 1 aromatic heterocycles. The highest BCUT2D eigenvalue weighted by Gasteiger charge is 2.23. The second-order valence-electron chi connectivity index (χ2n) is 3.04. The zero-order chi connectivity index (χ0) is 8.39. The molecule has 12 heavy (non-hydrogen) atoms. The molecule has 1 unspecified atom stereocenters. The first kappa shape index (κ1) is 7.49. The molecule has 2 N–H and O–H groups in total. The highest BCUT2D eigenvalue weighted by atomic mass is 16.1. The van der Waals surface area contributed by atoms with Crippen LogP contribution in [0.2, 0.25) is 0 Å². The quantitative estimate of drug-likeness (QED) is 0.615. The molecule has 0 bridgehead atoms. The minimum absolute atomic E-state index is 0.155. The van der Waals surface area contributed by atoms with Crippen LogP contribution in [0, 0.1) is 5.92 Å². The normalized spacial score (nSPS) is 22.8. The van der Waals surface area contributed by atoms with Crippen molar-refractivity contribution in [3.8, 4) is 0 Å². The molecule has 2 heterocycles. The minimum atomic E-state index is 0.155. The van der Waals surface area contributed by atoms with Crippen LogP contribution in [0.1, 0.15) is 16.8 Å². The first-order valence-corrected chi connectivity index (χ1v) is 4.11. The van der Waals surface area contributed by atoms with Crippen molar-refractivity contribution in [2.24, 2.45) is 5.92 Å². The Morgan fingerprint density at radius 1 is 1.67 bits per heavy atom. The Balaban J connectivity index is 2.09. The second-order valence-corrected chi connectivity index (χ2v) is 3.04. The largest absolute Gasteiger partial charge is 0.316 e. The van der Waals surface area contributed by atoms with Crippen LogP contribution in [-0.4, -0.2) is 29.1 Å². The lowest BCUT2D eigenvalue weighted by molar-refractivity contribution is 0.0930. The van der Waals surface area contributed by atoms with Gasteiger partial charge in [0.2, 0.25) is 0 Å². The van der Waals surface area contributed by atoms with Crippen molar-refractivity contribution in [1.82, 2.24) is 15.5 Å². The predicted molar refractivity (Wildman–Crippen MR) is 43.9 cm³/mol. The summed E-state index contributed by atoms with van der Waals surface area (Å²) in [5, 5.41) is 9.56. The van der Waals surface area contributed by atoms with E-state index in [1.807, 2.05) is 0 Å². The van der Waals surface area contributed by atoms with Crippen LogP contribution in [0.15, 0.2) is 12.4 Å². The Labute approximate surface area is 70.4 Å². The minimum Gasteiger partial charge on any atom is -0.316 e. The summed E-state index contributed by atoms with van der Waals surface area (Å²) in [6, 6.07) is 0. The average Bonchev–Trinajstić information content (AvgIpc) is 2.77. The van der Waals surface area contributed by atoms with Gasteiger partial charge in [-0.15, -0.1) is 0 Å². The van der Waals surface area contributed by atoms with Gasteiger partial charge in [0.05, 0.1) is 11.8 Å². The summed E-state index contributed by atoms with van der Waals surface area (Å²) in [6.07, 6.45) is 4.19. The van der Waals surface area contributed by atoms with Crippen molar-refractivity contribution in [3.05, 3.63) is 18.0 Å². The smallest absolute Gasteiger partial charge is 0.170 e. The molecular formula is C8H11N3O. The number of hydrogen-bond acceptors (Lipinski definition) is 3. The van der Waals surface area contributed by atoms with Crippen molar-refractivity contribution in [2.75, 3.05) is 13.1 Å². The van der Waals surface area contributed by atoms with Crippen LogP contribution in [0.4, 0.5) is 0 Å². The van der Waals surface area contributed by atoms with Gasteiger partial charge in [0, 0.05) is 18.7 Å². The molecule has 0 aromatic carbocycles. The number of hydrogen-bond donors (Lipinski definition) is 2. The summed E-state index contributed by atoms with van der Waals surface area (Å²) in [7, 11) is 0. The van der Waals surface area contributed by atoms with Gasteiger partial charge in [0.15, 0.2) is 5.78 Å². The Morgan fingerprint density at radius 3 is 3.17 bits per heavy atom. The van der Waals surface area contributed by atoms with E-state index < -0.39 is 0 Å². The molecule has 0 saturated carbocycles. The number of nitrogens with zero attached hydrogens (tertiary/aromatic N) is 1. The van der Waals surface area contributed by atoms with Crippen LogP contribution >= 0.6 is 0 Å². The highest BCUT2D eigenvalue weighted by molar-refractivity contribution is 5.97. The van der Waals surface area contributed by atoms with E-state index in [0.717, 1.165) is 19.5 Å². The van der Waals surface area contributed by atoms with E-state index in [2.05, 4.69) is 15.5 Å². The van der Waals surface area contributed by atoms with E-state index in [0.29, 0.717) is 5.56 Å². The summed E-state index contributed by atoms with van der Waals surface area (Å²) in [4.78, 5) is 11.6. The monoisotopic (exact) mass is 165 g/mol. The number of rotatable bonds is 2. The zero-order valence-corrected chi connectivity index (χ0v) is 6.71. The topological polar surface area (TPSA) is 57.8 Å². The number of H-pyrrole nitrogens is 1. The summed E-state index contributed by atoms with van der Waals surface area (Å²) in [5.74, 6) is 0.358. The van der Waals surface area contributed by atoms with Crippen molar-refractivity contribution in [1.29, 1.82) is 0 Å². The lowest BCUT2D eigenvalue weighted by Gasteiger charge is -2.03. The first-order chi connectivity index (χ1) is 5.88. The third-order valence-electron chi connectivity index (χ3n) is 2.21. The van der Waals surface area contributed by atoms with E-state index in [4.69, 9.17) is 0 Å². The van der Waals surface area contributed by atoms with Gasteiger partial charge in [0.25, 0.3) is 0 Å². The number of aromatic amines is 1. The van der Waals surface area contributed by atoms with Crippen LogP contribution in [0.25, 0.3) is 0 Å². The highest BCUT2D eigenvalue weighted by Crippen LogP contribution is 2.13. The SMILES string of the molecule is O=C(c1cn[nH]c1)C1CCNC1. The summed E-state index contributed by atoms with van der Waals surface area (Å²) in [5.41, 5.74) is 0.698. The Kier molecular flexibility index (Phi) is 1.91. The standard InChI is InChI=1S/C8H11N3O/c12-8(6-1-2-9-3-6)7-4-10-11-5-7/h4-6,9H,1-3H2,(H,10,11). The fourth-order valence-corrected chi connectivity index (χ4v) is 1.50. The van der Waals surface area contributed by atoms with Crippen molar-refractivity contribution in [3.63, 3.8) is 0 Å². The van der Waals surface area contributed by atoms with E-state index in [1.54, 1.807) is 12.4 Å². The van der Waals surface area contributed by atoms with Crippen molar-refractivity contribution < 1.29 is 4.79 Å². The number of aromatic nitrogens is 2. The average molecular weight is 165 g/mol. The first-order valence-electron chi connectivity index (χ1n) is 4.11. The predicted octanol–water partition coefficient (Wildman–Crippen LogP) is 0.202. The number of Topliss-reactive ketones (excluding diaryl/α,β-unsaturated/α-hetero) is 1. The third-order valence-corrected chi connectivity index (χ3v) is 2.21. The molecule has 2 rings (SSSR count). The summed E-state index contributed by atoms with van der Waals surface area (Å²) < 4.78 is 0. The molecule has 0 radical (unpaired) electrons. The lowest BCUT2D eigenvalue weighted by Crippen LogP contribution is -2.17. The molecule has 1 fully saturated rings.